The second kappa shape index (κ2) is 8.90. The lowest BCUT2D eigenvalue weighted by Gasteiger charge is -2.31. The Balaban J connectivity index is 1.90. The van der Waals surface area contributed by atoms with Gasteiger partial charge in [0, 0.05) is 29.2 Å². The molecule has 0 aromatic carbocycles. The molecule has 182 valence electrons. The summed E-state index contributed by atoms with van der Waals surface area (Å²) in [5, 5.41) is 21.3. The monoisotopic (exact) mass is 483 g/mol. The van der Waals surface area contributed by atoms with Crippen molar-refractivity contribution in [2.75, 3.05) is 0 Å². The lowest BCUT2D eigenvalue weighted by molar-refractivity contribution is -0.0391. The Bertz CT molecular complexity index is 1250. The molecule has 3 heterocycles. The summed E-state index contributed by atoms with van der Waals surface area (Å²) in [5.74, 6) is 0.0471. The number of rotatable bonds is 7. The van der Waals surface area contributed by atoms with E-state index >= 15 is 0 Å². The Hall–Kier alpha value is -2.14. The number of fused-ring (bicyclic) bond motifs is 1. The van der Waals surface area contributed by atoms with Gasteiger partial charge in [-0.2, -0.15) is 4.98 Å². The van der Waals surface area contributed by atoms with Gasteiger partial charge in [0.1, 0.15) is 18.3 Å². The molecule has 12 heteroatoms. The van der Waals surface area contributed by atoms with Crippen molar-refractivity contribution in [1.29, 1.82) is 0 Å². The van der Waals surface area contributed by atoms with Crippen molar-refractivity contribution in [2.45, 2.75) is 77.5 Å². The molecule has 11 nitrogen and oxygen atoms in total. The van der Waals surface area contributed by atoms with Crippen molar-refractivity contribution in [3.63, 3.8) is 0 Å². The fourth-order valence-electron chi connectivity index (χ4n) is 3.84. The van der Waals surface area contributed by atoms with E-state index in [0.29, 0.717) is 11.3 Å². The van der Waals surface area contributed by atoms with E-state index < -0.39 is 43.2 Å². The van der Waals surface area contributed by atoms with Crippen LogP contribution in [0.1, 0.15) is 56.5 Å². The maximum absolute atomic E-state index is 12.6. The Kier molecular flexibility index (Phi) is 6.87. The molecule has 5 atom stereocenters. The van der Waals surface area contributed by atoms with Crippen molar-refractivity contribution in [3.8, 4) is 0 Å². The molecule has 5 unspecified atom stereocenters. The van der Waals surface area contributed by atoms with Crippen molar-refractivity contribution in [3.05, 3.63) is 55.6 Å². The van der Waals surface area contributed by atoms with E-state index in [1.807, 2.05) is 0 Å². The third kappa shape index (κ3) is 4.89. The van der Waals surface area contributed by atoms with Crippen LogP contribution in [0.25, 0.3) is 5.78 Å². The zero-order valence-corrected chi connectivity index (χ0v) is 20.1. The third-order valence-corrected chi connectivity index (χ3v) is 7.82. The average molecular weight is 483 g/mol. The van der Waals surface area contributed by atoms with Crippen LogP contribution in [0.4, 0.5) is 0 Å². The van der Waals surface area contributed by atoms with Crippen molar-refractivity contribution in [2.24, 2.45) is 0 Å². The zero-order valence-electron chi connectivity index (χ0n) is 19.2. The summed E-state index contributed by atoms with van der Waals surface area (Å²) in [4.78, 5) is 41.2. The summed E-state index contributed by atoms with van der Waals surface area (Å²) >= 11 is 0. The van der Waals surface area contributed by atoms with Crippen LogP contribution in [0.15, 0.2) is 27.7 Å². The molecule has 1 aliphatic rings. The molecule has 3 rings (SSSR count). The van der Waals surface area contributed by atoms with Crippen molar-refractivity contribution >= 4 is 13.4 Å². The fraction of sp³-hybridized carbons (Fsp3) is 0.571. The molecule has 2 aromatic rings. The molecule has 33 heavy (non-hydrogen) atoms. The minimum atomic E-state index is -4.11. The Morgan fingerprint density at radius 1 is 1.33 bits per heavy atom. The second-order valence-corrected chi connectivity index (χ2v) is 10.8. The molecule has 1 saturated heterocycles. The molecule has 0 bridgehead atoms. The number of allylic oxidation sites excluding steroid dienone is 1. The molecule has 0 amide bonds. The molecule has 0 radical (unpaired) electrons. The van der Waals surface area contributed by atoms with Gasteiger partial charge in [0.25, 0.3) is 11.1 Å². The number of aryl methyl sites for hydroxylation is 1. The predicted octanol–water partition coefficient (Wildman–Crippen LogP) is 1.46. The van der Waals surface area contributed by atoms with Crippen molar-refractivity contribution in [1.82, 2.24) is 14.4 Å². The van der Waals surface area contributed by atoms with Crippen LogP contribution >= 0.6 is 7.60 Å². The highest BCUT2D eigenvalue weighted by Gasteiger charge is 2.47. The number of ether oxygens (including phenoxy) is 1. The minimum Gasteiger partial charge on any atom is -0.388 e. The van der Waals surface area contributed by atoms with E-state index in [1.54, 1.807) is 34.6 Å². The Morgan fingerprint density at radius 2 is 1.97 bits per heavy atom. The largest absolute Gasteiger partial charge is 0.388 e. The van der Waals surface area contributed by atoms with Crippen LogP contribution in [-0.4, -0.2) is 53.4 Å². The highest BCUT2D eigenvalue weighted by molar-refractivity contribution is 7.57. The molecular weight excluding hydrogens is 453 g/mol. The molecule has 0 aliphatic carbocycles. The summed E-state index contributed by atoms with van der Waals surface area (Å²) in [6, 6.07) is 0. The number of aliphatic hydroxyl groups excluding tert-OH is 2. The lowest BCUT2D eigenvalue weighted by Crippen LogP contribution is -2.37. The maximum Gasteiger partial charge on any atom is 0.354 e. The first-order chi connectivity index (χ1) is 15.2. The Morgan fingerprint density at radius 3 is 2.58 bits per heavy atom. The van der Waals surface area contributed by atoms with E-state index in [-0.39, 0.29) is 35.1 Å². The van der Waals surface area contributed by atoms with Gasteiger partial charge in [-0.1, -0.05) is 13.5 Å². The number of aliphatic hydroxyl groups is 2. The first-order valence-electron chi connectivity index (χ1n) is 10.5. The minimum absolute atomic E-state index is 0.00186. The van der Waals surface area contributed by atoms with Crippen LogP contribution in [0, 0.1) is 13.8 Å². The highest BCUT2D eigenvalue weighted by Crippen LogP contribution is 2.55. The molecule has 1 fully saturated rings. The lowest BCUT2D eigenvalue weighted by atomic mass is 9.96. The highest BCUT2D eigenvalue weighted by atomic mass is 31.2. The average Bonchev–Trinajstić information content (AvgIpc) is 2.98. The van der Waals surface area contributed by atoms with Crippen LogP contribution in [0.2, 0.25) is 0 Å². The summed E-state index contributed by atoms with van der Waals surface area (Å²) < 4.78 is 25.2. The molecule has 0 spiro atoms. The van der Waals surface area contributed by atoms with Crippen molar-refractivity contribution < 1.29 is 28.9 Å². The first kappa shape index (κ1) is 25.5. The normalized spacial score (nSPS) is 25.3. The SMILES string of the molecule is C=C(CC)P(=O)(O)OC(C)(C)CC1OC(c2cn3c(C)c(C)c(=O)[nH]c3nc2=O)C(O)C1O. The number of hydrogen-bond donors (Lipinski definition) is 4. The van der Waals surface area contributed by atoms with Gasteiger partial charge in [-0.15, -0.1) is 0 Å². The van der Waals surface area contributed by atoms with E-state index in [4.69, 9.17) is 9.26 Å². The molecular formula is C21H30N3O8P. The van der Waals surface area contributed by atoms with Gasteiger partial charge in [0.15, 0.2) is 0 Å². The smallest absolute Gasteiger partial charge is 0.354 e. The number of nitrogens with one attached hydrogen (secondary N) is 1. The molecule has 1 aliphatic heterocycles. The molecule has 0 saturated carbocycles. The first-order valence-corrected chi connectivity index (χ1v) is 12.1. The molecule has 4 N–H and O–H groups in total. The maximum atomic E-state index is 12.6. The predicted molar refractivity (Wildman–Crippen MR) is 120 cm³/mol. The third-order valence-electron chi connectivity index (χ3n) is 5.96. The van der Waals surface area contributed by atoms with Gasteiger partial charge in [-0.3, -0.25) is 28.1 Å². The summed E-state index contributed by atoms with van der Waals surface area (Å²) in [7, 11) is -4.11. The van der Waals surface area contributed by atoms with E-state index in [1.165, 1.54) is 10.6 Å². The number of H-pyrrole nitrogens is 1. The number of nitrogens with zero attached hydrogens (tertiary/aromatic N) is 2. The standard InChI is InChI=1S/C21H30N3O8P/c1-7-10(2)33(29,30)32-21(5,6)8-14-15(25)16(26)17(31-14)13-9-24-12(4)11(3)18(27)22-20(24)23-19(13)28/h9,14-17,25-26H,2,7-8H2,1,3-6H3,(H,29,30)(H,22,23,27,28). The summed E-state index contributed by atoms with van der Waals surface area (Å²) in [5.41, 5.74) is -1.31. The number of aromatic nitrogens is 3. The van der Waals surface area contributed by atoms with Crippen LogP contribution in [0.3, 0.4) is 0 Å². The topological polar surface area (TPSA) is 163 Å². The van der Waals surface area contributed by atoms with E-state index in [9.17, 15) is 29.3 Å². The van der Waals surface area contributed by atoms with Crippen LogP contribution in [-0.2, 0) is 13.8 Å². The van der Waals surface area contributed by atoms with Gasteiger partial charge in [0.05, 0.1) is 17.3 Å². The zero-order chi connectivity index (χ0) is 24.9. The van der Waals surface area contributed by atoms with Crippen LogP contribution in [0.5, 0.6) is 0 Å². The van der Waals surface area contributed by atoms with Gasteiger partial charge in [-0.25, -0.2) is 0 Å². The van der Waals surface area contributed by atoms with Gasteiger partial charge in [-0.05, 0) is 34.1 Å². The number of hydrogen-bond acceptors (Lipinski definition) is 8. The molecule has 2 aromatic heterocycles. The van der Waals surface area contributed by atoms with Gasteiger partial charge >= 0.3 is 7.60 Å². The number of aromatic amines is 1. The fourth-order valence-corrected chi connectivity index (χ4v) is 5.12. The van der Waals surface area contributed by atoms with Gasteiger partial charge < -0.3 is 19.8 Å². The summed E-state index contributed by atoms with van der Waals surface area (Å²) in [6.45, 7) is 11.7. The van der Waals surface area contributed by atoms with Gasteiger partial charge in [0.2, 0.25) is 5.78 Å². The quantitative estimate of drug-likeness (QED) is 0.427. The van der Waals surface area contributed by atoms with E-state index in [2.05, 4.69) is 16.5 Å². The Labute approximate surface area is 190 Å². The van der Waals surface area contributed by atoms with E-state index in [0.717, 1.165) is 0 Å². The van der Waals surface area contributed by atoms with Crippen LogP contribution < -0.4 is 11.1 Å². The summed E-state index contributed by atoms with van der Waals surface area (Å²) in [6.07, 6.45) is -3.39. The second-order valence-electron chi connectivity index (χ2n) is 8.93.